The molecule has 3 radical (unpaired) electrons. The predicted molar refractivity (Wildman–Crippen MR) is 51.0 cm³/mol. The summed E-state index contributed by atoms with van der Waals surface area (Å²) in [5, 5.41) is 0. The minimum Gasteiger partial charge on any atom is -0.326 e. The number of hydrogen-bond acceptors (Lipinski definition) is 1. The first kappa shape index (κ1) is 10.4. The van der Waals surface area contributed by atoms with E-state index in [-0.39, 0.29) is 8.80 Å². The zero-order valence-corrected chi connectivity index (χ0v) is 9.57. The summed E-state index contributed by atoms with van der Waals surface area (Å²) in [7, 11) is 1.10. The molecule has 0 heterocycles. The van der Waals surface area contributed by atoms with Crippen molar-refractivity contribution < 1.29 is 0 Å². The van der Waals surface area contributed by atoms with Crippen LogP contribution in [0, 0.1) is 0 Å². The van der Waals surface area contributed by atoms with Crippen LogP contribution in [0.2, 0.25) is 18.8 Å². The highest BCUT2D eigenvalue weighted by Gasteiger charge is 2.02. The second-order valence-electron chi connectivity index (χ2n) is 2.71. The van der Waals surface area contributed by atoms with Gasteiger partial charge in [0.25, 0.3) is 0 Å². The molecule has 3 heteroatoms. The van der Waals surface area contributed by atoms with Gasteiger partial charge in [0, 0.05) is 8.80 Å². The minimum atomic E-state index is 0.0212. The Morgan fingerprint density at radius 2 is 1.70 bits per heavy atom. The van der Waals surface area contributed by atoms with Crippen LogP contribution in [0.3, 0.4) is 0 Å². The topological polar surface area (TPSA) is 3.24 Å². The zero-order chi connectivity index (χ0) is 7.98. The van der Waals surface area contributed by atoms with Crippen LogP contribution in [0.4, 0.5) is 0 Å². The highest BCUT2D eigenvalue weighted by atomic mass is 28.3. The van der Waals surface area contributed by atoms with Crippen LogP contribution in [0.1, 0.15) is 13.8 Å². The number of nitrogens with zero attached hydrogens (tertiary/aromatic N) is 1. The summed E-state index contributed by atoms with van der Waals surface area (Å²) in [5.74, 6) is 0. The Balaban J connectivity index is 3.26. The monoisotopic (exact) mass is 172 g/mol. The number of rotatable bonds is 5. The molecule has 0 aliphatic carbocycles. The van der Waals surface area contributed by atoms with Crippen molar-refractivity contribution in [1.29, 1.82) is 0 Å². The van der Waals surface area contributed by atoms with Gasteiger partial charge in [-0.25, -0.2) is 0 Å². The van der Waals surface area contributed by atoms with Gasteiger partial charge in [0.2, 0.25) is 0 Å². The van der Waals surface area contributed by atoms with Crippen molar-refractivity contribution >= 4 is 18.5 Å². The van der Waals surface area contributed by atoms with E-state index in [1.807, 2.05) is 0 Å². The smallest absolute Gasteiger partial charge is 0.138 e. The molecule has 0 spiro atoms. The van der Waals surface area contributed by atoms with Gasteiger partial charge < -0.3 is 4.57 Å². The van der Waals surface area contributed by atoms with Gasteiger partial charge in [-0.3, -0.25) is 0 Å². The Morgan fingerprint density at radius 3 is 2.00 bits per heavy atom. The maximum Gasteiger partial charge on any atom is 0.138 e. The third-order valence-corrected chi connectivity index (χ3v) is 5.96. The van der Waals surface area contributed by atoms with E-state index in [4.69, 9.17) is 0 Å². The summed E-state index contributed by atoms with van der Waals surface area (Å²) in [6, 6.07) is 0. The fourth-order valence-electron chi connectivity index (χ4n) is 0.717. The summed E-state index contributed by atoms with van der Waals surface area (Å²) >= 11 is 0. The lowest BCUT2D eigenvalue weighted by Crippen LogP contribution is -2.29. The van der Waals surface area contributed by atoms with E-state index in [0.29, 0.717) is 0 Å². The maximum absolute atomic E-state index is 2.53. The van der Waals surface area contributed by atoms with E-state index in [0.717, 1.165) is 9.68 Å². The molecule has 0 saturated heterocycles. The first-order chi connectivity index (χ1) is 4.70. The van der Waals surface area contributed by atoms with E-state index in [1.54, 1.807) is 0 Å². The fraction of sp³-hybridized carbons (Fsp3) is 1.00. The van der Waals surface area contributed by atoms with Gasteiger partial charge in [-0.2, -0.15) is 0 Å². The Hall–Kier alpha value is 0.394. The molecule has 0 saturated carbocycles. The molecule has 1 nitrogen and oxygen atoms in total. The molecular formula is C7H18NSi2. The summed E-state index contributed by atoms with van der Waals surface area (Å²) in [4.78, 5) is 0. The SMILES string of the molecule is CCN(CC)[Si]C[Si](C)C. The van der Waals surface area contributed by atoms with Crippen LogP contribution in [0.5, 0.6) is 0 Å². The lowest BCUT2D eigenvalue weighted by atomic mass is 10.7. The standard InChI is InChI=1S/C7H18NSi2/c1-5-8(6-2)9-7-10(3)4/h5-7H2,1-4H3. The van der Waals surface area contributed by atoms with Crippen molar-refractivity contribution in [3.63, 3.8) is 0 Å². The third-order valence-electron chi connectivity index (χ3n) is 1.42. The van der Waals surface area contributed by atoms with Crippen molar-refractivity contribution in [3.8, 4) is 0 Å². The van der Waals surface area contributed by atoms with Crippen LogP contribution >= 0.6 is 0 Å². The Morgan fingerprint density at radius 1 is 1.20 bits per heavy atom. The molecule has 0 aliphatic rings. The van der Waals surface area contributed by atoms with Crippen molar-refractivity contribution in [2.45, 2.75) is 32.6 Å². The van der Waals surface area contributed by atoms with Gasteiger partial charge in [-0.15, -0.1) is 0 Å². The highest BCUT2D eigenvalue weighted by Crippen LogP contribution is 1.92. The van der Waals surface area contributed by atoms with Gasteiger partial charge in [-0.1, -0.05) is 32.6 Å². The zero-order valence-electron chi connectivity index (χ0n) is 7.57. The predicted octanol–water partition coefficient (Wildman–Crippen LogP) is 1.66. The maximum atomic E-state index is 2.53. The van der Waals surface area contributed by atoms with E-state index in [1.165, 1.54) is 18.8 Å². The molecule has 0 unspecified atom stereocenters. The van der Waals surface area contributed by atoms with Gasteiger partial charge in [0.15, 0.2) is 0 Å². The lowest BCUT2D eigenvalue weighted by molar-refractivity contribution is 0.494. The summed E-state index contributed by atoms with van der Waals surface area (Å²) in [5.41, 5.74) is 1.46. The van der Waals surface area contributed by atoms with E-state index in [9.17, 15) is 0 Å². The quantitative estimate of drug-likeness (QED) is 0.570. The van der Waals surface area contributed by atoms with Crippen LogP contribution in [-0.4, -0.2) is 36.1 Å². The molecule has 0 aromatic heterocycles. The summed E-state index contributed by atoms with van der Waals surface area (Å²) in [6.45, 7) is 11.7. The highest BCUT2D eigenvalue weighted by molar-refractivity contribution is 6.66. The molecule has 0 atom stereocenters. The first-order valence-corrected chi connectivity index (χ1v) is 7.84. The van der Waals surface area contributed by atoms with Gasteiger partial charge in [0.05, 0.1) is 0 Å². The van der Waals surface area contributed by atoms with Gasteiger partial charge >= 0.3 is 0 Å². The van der Waals surface area contributed by atoms with Crippen LogP contribution < -0.4 is 0 Å². The molecule has 0 bridgehead atoms. The second kappa shape index (κ2) is 6.13. The van der Waals surface area contributed by atoms with E-state index < -0.39 is 0 Å². The van der Waals surface area contributed by atoms with Crippen molar-refractivity contribution in [2.24, 2.45) is 0 Å². The largest absolute Gasteiger partial charge is 0.326 e. The van der Waals surface area contributed by atoms with E-state index in [2.05, 4.69) is 31.5 Å². The van der Waals surface area contributed by atoms with Crippen molar-refractivity contribution in [1.82, 2.24) is 4.57 Å². The fourth-order valence-corrected chi connectivity index (χ4v) is 3.32. The molecule has 0 fully saturated rings. The minimum absolute atomic E-state index is 0.0212. The molecule has 0 N–H and O–H groups in total. The molecular weight excluding hydrogens is 154 g/mol. The van der Waals surface area contributed by atoms with Crippen LogP contribution in [0.15, 0.2) is 0 Å². The van der Waals surface area contributed by atoms with Gasteiger partial charge in [-0.05, 0) is 13.1 Å². The van der Waals surface area contributed by atoms with Crippen LogP contribution in [0.25, 0.3) is 0 Å². The molecule has 0 aromatic rings. The Labute approximate surface area is 69.3 Å². The molecule has 0 aromatic carbocycles. The molecule has 10 heavy (non-hydrogen) atoms. The molecule has 0 aliphatic heterocycles. The average molecular weight is 172 g/mol. The molecule has 59 valence electrons. The van der Waals surface area contributed by atoms with Crippen molar-refractivity contribution in [3.05, 3.63) is 0 Å². The summed E-state index contributed by atoms with van der Waals surface area (Å²) in [6.07, 6.45) is 0. The summed E-state index contributed by atoms with van der Waals surface area (Å²) < 4.78 is 2.53. The molecule has 0 rings (SSSR count). The average Bonchev–Trinajstić information content (AvgIpc) is 1.90. The van der Waals surface area contributed by atoms with Gasteiger partial charge in [0.1, 0.15) is 9.68 Å². The Kier molecular flexibility index (Phi) is 6.37. The third kappa shape index (κ3) is 5.20. The first-order valence-electron chi connectivity index (χ1n) is 3.98. The Bertz CT molecular complexity index is 72.0. The van der Waals surface area contributed by atoms with E-state index >= 15 is 0 Å². The second-order valence-corrected chi connectivity index (χ2v) is 7.49. The normalized spacial score (nSPS) is 11.4. The van der Waals surface area contributed by atoms with Crippen molar-refractivity contribution in [2.75, 3.05) is 13.1 Å². The lowest BCUT2D eigenvalue weighted by Gasteiger charge is -2.16. The molecule has 0 amide bonds. The van der Waals surface area contributed by atoms with Crippen LogP contribution in [-0.2, 0) is 0 Å². The number of hydrogen-bond donors (Lipinski definition) is 0.